The molecule has 1 amide bonds. The van der Waals surface area contributed by atoms with Crippen molar-refractivity contribution in [2.24, 2.45) is 7.05 Å². The maximum Gasteiger partial charge on any atom is 0.228 e. The molecule has 1 N–H and O–H groups in total. The van der Waals surface area contributed by atoms with Gasteiger partial charge in [0.05, 0.1) is 25.6 Å². The van der Waals surface area contributed by atoms with Crippen LogP contribution in [0, 0.1) is 6.92 Å². The fourth-order valence-corrected chi connectivity index (χ4v) is 3.39. The van der Waals surface area contributed by atoms with Crippen molar-refractivity contribution in [3.05, 3.63) is 75.9 Å². The summed E-state index contributed by atoms with van der Waals surface area (Å²) in [6.45, 7) is 2.10. The molecular weight excluding hydrogens is 384 g/mol. The number of rotatable bonds is 6. The van der Waals surface area contributed by atoms with Crippen LogP contribution in [0.15, 0.2) is 62.3 Å². The maximum absolute atomic E-state index is 12.7. The van der Waals surface area contributed by atoms with Gasteiger partial charge in [0.15, 0.2) is 5.58 Å². The molecule has 0 spiro atoms. The maximum atomic E-state index is 12.7. The minimum absolute atomic E-state index is 0.0190. The van der Waals surface area contributed by atoms with Gasteiger partial charge in [-0.15, -0.1) is 0 Å². The van der Waals surface area contributed by atoms with Gasteiger partial charge in [-0.1, -0.05) is 0 Å². The Morgan fingerprint density at radius 3 is 2.57 bits per heavy atom. The molecule has 7 nitrogen and oxygen atoms in total. The van der Waals surface area contributed by atoms with Gasteiger partial charge >= 0.3 is 0 Å². The monoisotopic (exact) mass is 406 g/mol. The lowest BCUT2D eigenvalue weighted by Crippen LogP contribution is -2.25. The standard InChI is InChI=1S/C23H22N2O5/c1-14-11-19(26)23-22(29-14)18(12-20(27)24-13-16-5-4-10-25(16)2)21(30-23)15-6-8-17(28-3)9-7-15/h4-11H,12-13H2,1-3H3,(H,24,27). The fourth-order valence-electron chi connectivity index (χ4n) is 3.39. The highest BCUT2D eigenvalue weighted by atomic mass is 16.5. The quantitative estimate of drug-likeness (QED) is 0.529. The lowest BCUT2D eigenvalue weighted by atomic mass is 10.1. The smallest absolute Gasteiger partial charge is 0.228 e. The molecule has 3 heterocycles. The second-order valence-corrected chi connectivity index (χ2v) is 7.08. The number of nitrogens with zero attached hydrogens (tertiary/aromatic N) is 1. The van der Waals surface area contributed by atoms with Gasteiger partial charge < -0.3 is 23.5 Å². The van der Waals surface area contributed by atoms with E-state index in [9.17, 15) is 9.59 Å². The minimum Gasteiger partial charge on any atom is -0.497 e. The molecule has 154 valence electrons. The van der Waals surface area contributed by atoms with Crippen molar-refractivity contribution in [1.29, 1.82) is 0 Å². The molecule has 0 aliphatic carbocycles. The van der Waals surface area contributed by atoms with E-state index in [0.29, 0.717) is 35.0 Å². The number of fused-ring (bicyclic) bond motifs is 1. The first-order valence-electron chi connectivity index (χ1n) is 9.53. The van der Waals surface area contributed by atoms with Crippen LogP contribution in [0.5, 0.6) is 5.75 Å². The number of carbonyl (C=O) groups is 1. The van der Waals surface area contributed by atoms with E-state index in [1.54, 1.807) is 26.2 Å². The second kappa shape index (κ2) is 7.94. The van der Waals surface area contributed by atoms with E-state index in [0.717, 1.165) is 11.3 Å². The summed E-state index contributed by atoms with van der Waals surface area (Å²) in [5.41, 5.74) is 2.39. The zero-order valence-corrected chi connectivity index (χ0v) is 17.0. The number of aromatic nitrogens is 1. The van der Waals surface area contributed by atoms with Crippen molar-refractivity contribution in [2.75, 3.05) is 7.11 Å². The number of carbonyl (C=O) groups excluding carboxylic acids is 1. The molecule has 0 aliphatic rings. The molecule has 7 heteroatoms. The number of hydrogen-bond donors (Lipinski definition) is 1. The lowest BCUT2D eigenvalue weighted by molar-refractivity contribution is -0.120. The van der Waals surface area contributed by atoms with Crippen LogP contribution >= 0.6 is 0 Å². The predicted octanol–water partition coefficient (Wildman–Crippen LogP) is 3.57. The topological polar surface area (TPSA) is 86.6 Å². The molecule has 0 aliphatic heterocycles. The molecule has 0 unspecified atom stereocenters. The molecule has 0 fully saturated rings. The van der Waals surface area contributed by atoms with Gasteiger partial charge in [0.25, 0.3) is 0 Å². The third-order valence-electron chi connectivity index (χ3n) is 4.99. The predicted molar refractivity (Wildman–Crippen MR) is 112 cm³/mol. The van der Waals surface area contributed by atoms with E-state index in [4.69, 9.17) is 13.6 Å². The summed E-state index contributed by atoms with van der Waals surface area (Å²) in [5.74, 6) is 1.40. The Bertz CT molecular complexity index is 1260. The highest BCUT2D eigenvalue weighted by Gasteiger charge is 2.23. The highest BCUT2D eigenvalue weighted by molar-refractivity contribution is 5.90. The summed E-state index contributed by atoms with van der Waals surface area (Å²) in [4.78, 5) is 25.1. The Hall–Kier alpha value is -3.74. The van der Waals surface area contributed by atoms with Crippen LogP contribution in [0.2, 0.25) is 0 Å². The average Bonchev–Trinajstić information content (AvgIpc) is 3.30. The number of aryl methyl sites for hydroxylation is 2. The molecule has 4 rings (SSSR count). The molecule has 3 aromatic heterocycles. The van der Waals surface area contributed by atoms with Crippen LogP contribution in [-0.4, -0.2) is 17.6 Å². The zero-order valence-electron chi connectivity index (χ0n) is 17.0. The van der Waals surface area contributed by atoms with Crippen LogP contribution in [0.1, 0.15) is 17.0 Å². The van der Waals surface area contributed by atoms with Crippen molar-refractivity contribution in [3.63, 3.8) is 0 Å². The van der Waals surface area contributed by atoms with Crippen molar-refractivity contribution in [3.8, 4) is 17.1 Å². The number of methoxy groups -OCH3 is 1. The summed E-state index contributed by atoms with van der Waals surface area (Å²) >= 11 is 0. The first-order valence-corrected chi connectivity index (χ1v) is 9.53. The van der Waals surface area contributed by atoms with Gasteiger partial charge in [-0.3, -0.25) is 9.59 Å². The van der Waals surface area contributed by atoms with Crippen molar-refractivity contribution < 1.29 is 18.4 Å². The summed E-state index contributed by atoms with van der Waals surface area (Å²) < 4.78 is 18.8. The normalized spacial score (nSPS) is 11.0. The molecule has 1 aromatic carbocycles. The third kappa shape index (κ3) is 3.74. The summed E-state index contributed by atoms with van der Waals surface area (Å²) in [6.07, 6.45) is 1.94. The lowest BCUT2D eigenvalue weighted by Gasteiger charge is -2.07. The Labute approximate surface area is 172 Å². The zero-order chi connectivity index (χ0) is 21.3. The Morgan fingerprint density at radius 1 is 1.13 bits per heavy atom. The van der Waals surface area contributed by atoms with Gasteiger partial charge in [0.1, 0.15) is 17.3 Å². The number of amides is 1. The van der Waals surface area contributed by atoms with Gasteiger partial charge in [0, 0.05) is 30.6 Å². The van der Waals surface area contributed by atoms with Crippen molar-refractivity contribution >= 4 is 17.1 Å². The van der Waals surface area contributed by atoms with E-state index in [2.05, 4.69) is 5.32 Å². The van der Waals surface area contributed by atoms with Gasteiger partial charge in [-0.05, 0) is 43.3 Å². The Morgan fingerprint density at radius 2 is 1.90 bits per heavy atom. The number of furan rings is 1. The average molecular weight is 406 g/mol. The fraction of sp³-hybridized carbons (Fsp3) is 0.217. The number of benzene rings is 1. The molecule has 0 bridgehead atoms. The van der Waals surface area contributed by atoms with E-state index in [1.807, 2.05) is 42.1 Å². The molecule has 0 atom stereocenters. The van der Waals surface area contributed by atoms with Crippen LogP contribution in [0.25, 0.3) is 22.5 Å². The van der Waals surface area contributed by atoms with Gasteiger partial charge in [0.2, 0.25) is 16.9 Å². The van der Waals surface area contributed by atoms with Crippen molar-refractivity contribution in [2.45, 2.75) is 19.9 Å². The van der Waals surface area contributed by atoms with E-state index in [1.165, 1.54) is 6.07 Å². The second-order valence-electron chi connectivity index (χ2n) is 7.08. The molecule has 0 saturated carbocycles. The summed E-state index contributed by atoms with van der Waals surface area (Å²) in [7, 11) is 3.51. The first-order chi connectivity index (χ1) is 14.5. The van der Waals surface area contributed by atoms with E-state index >= 15 is 0 Å². The Kier molecular flexibility index (Phi) is 5.18. The summed E-state index contributed by atoms with van der Waals surface area (Å²) in [5, 5.41) is 2.91. The van der Waals surface area contributed by atoms with E-state index in [-0.39, 0.29) is 23.3 Å². The highest BCUT2D eigenvalue weighted by Crippen LogP contribution is 2.34. The first kappa shape index (κ1) is 19.6. The summed E-state index contributed by atoms with van der Waals surface area (Å²) in [6, 6.07) is 12.5. The van der Waals surface area contributed by atoms with Gasteiger partial charge in [-0.2, -0.15) is 0 Å². The largest absolute Gasteiger partial charge is 0.497 e. The van der Waals surface area contributed by atoms with Crippen LogP contribution in [0.3, 0.4) is 0 Å². The van der Waals surface area contributed by atoms with Crippen molar-refractivity contribution in [1.82, 2.24) is 9.88 Å². The minimum atomic E-state index is -0.279. The van der Waals surface area contributed by atoms with Gasteiger partial charge in [-0.25, -0.2) is 0 Å². The molecule has 30 heavy (non-hydrogen) atoms. The third-order valence-corrected chi connectivity index (χ3v) is 4.99. The number of ether oxygens (including phenoxy) is 1. The number of nitrogens with one attached hydrogen (secondary N) is 1. The molecule has 0 saturated heterocycles. The molecular formula is C23H22N2O5. The van der Waals surface area contributed by atoms with Crippen LogP contribution < -0.4 is 15.5 Å². The SMILES string of the molecule is COc1ccc(-c2oc3c(=O)cc(C)oc3c2CC(=O)NCc2cccn2C)cc1. The number of hydrogen-bond acceptors (Lipinski definition) is 5. The van der Waals surface area contributed by atoms with Crippen LogP contribution in [-0.2, 0) is 24.8 Å². The molecule has 4 aromatic rings. The molecule has 0 radical (unpaired) electrons. The Balaban J connectivity index is 1.71. The van der Waals surface area contributed by atoms with E-state index < -0.39 is 0 Å². The van der Waals surface area contributed by atoms with Crippen LogP contribution in [0.4, 0.5) is 0 Å².